The van der Waals surface area contributed by atoms with Gasteiger partial charge in [-0.1, -0.05) is 0 Å². The monoisotopic (exact) mass is 116 g/mol. The minimum Gasteiger partial charge on any atom is -0.785 e. The average Bonchev–Trinajstić information content (AvgIpc) is 1.64. The molecule has 0 aromatic heterocycles. The highest BCUT2D eigenvalue weighted by Gasteiger charge is 2.07. The lowest BCUT2D eigenvalue weighted by Gasteiger charge is -2.35. The van der Waals surface area contributed by atoms with Crippen molar-refractivity contribution in [3.05, 3.63) is 5.21 Å². The molecule has 1 rings (SSSR count). The van der Waals surface area contributed by atoms with Crippen molar-refractivity contribution < 1.29 is 4.74 Å². The molecule has 0 amide bonds. The summed E-state index contributed by atoms with van der Waals surface area (Å²) in [6.45, 7) is 3.55. The van der Waals surface area contributed by atoms with E-state index in [2.05, 4.69) is 0 Å². The molecule has 1 saturated heterocycles. The standard InChI is InChI=1S/C5H10NO2/c1-5-4-6(7)2-3-8-5/h5H,2-4H2,1H3/q-1. The topological polar surface area (TPSA) is 35.5 Å². The summed E-state index contributed by atoms with van der Waals surface area (Å²) >= 11 is 0. The average molecular weight is 116 g/mol. The van der Waals surface area contributed by atoms with Crippen molar-refractivity contribution in [3.8, 4) is 0 Å². The van der Waals surface area contributed by atoms with Crippen molar-refractivity contribution in [1.82, 2.24) is 5.06 Å². The first-order valence-corrected chi connectivity index (χ1v) is 2.83. The molecule has 0 radical (unpaired) electrons. The highest BCUT2D eigenvalue weighted by atomic mass is 16.5. The molecular formula is C5H10NO2-. The van der Waals surface area contributed by atoms with Gasteiger partial charge in [0, 0.05) is 13.1 Å². The van der Waals surface area contributed by atoms with Crippen molar-refractivity contribution in [1.29, 1.82) is 0 Å². The maximum absolute atomic E-state index is 10.5. The number of hydrogen-bond acceptors (Lipinski definition) is 3. The van der Waals surface area contributed by atoms with E-state index in [0.29, 0.717) is 19.7 Å². The molecule has 3 heteroatoms. The van der Waals surface area contributed by atoms with Gasteiger partial charge in [-0.15, -0.1) is 0 Å². The third-order valence-electron chi connectivity index (χ3n) is 1.20. The maximum atomic E-state index is 10.5. The van der Waals surface area contributed by atoms with Crippen LogP contribution in [0.25, 0.3) is 0 Å². The molecule has 1 aliphatic heterocycles. The molecular weight excluding hydrogens is 106 g/mol. The minimum atomic E-state index is 0.126. The second-order valence-electron chi connectivity index (χ2n) is 2.07. The van der Waals surface area contributed by atoms with Crippen molar-refractivity contribution >= 4 is 0 Å². The van der Waals surface area contributed by atoms with Crippen molar-refractivity contribution in [2.45, 2.75) is 13.0 Å². The van der Waals surface area contributed by atoms with Gasteiger partial charge >= 0.3 is 0 Å². The van der Waals surface area contributed by atoms with Crippen LogP contribution in [-0.4, -0.2) is 30.9 Å². The van der Waals surface area contributed by atoms with E-state index in [1.807, 2.05) is 6.92 Å². The Morgan fingerprint density at radius 1 is 1.75 bits per heavy atom. The molecule has 1 fully saturated rings. The number of morpholine rings is 1. The number of nitrogens with zero attached hydrogens (tertiary/aromatic N) is 1. The first kappa shape index (κ1) is 6.01. The summed E-state index contributed by atoms with van der Waals surface area (Å²) in [5.41, 5.74) is 0. The minimum absolute atomic E-state index is 0.126. The molecule has 0 aliphatic carbocycles. The molecule has 48 valence electrons. The van der Waals surface area contributed by atoms with Crippen LogP contribution < -0.4 is 0 Å². The molecule has 0 aromatic rings. The van der Waals surface area contributed by atoms with E-state index in [0.717, 1.165) is 5.06 Å². The van der Waals surface area contributed by atoms with Crippen LogP contribution in [0.1, 0.15) is 6.92 Å². The van der Waals surface area contributed by atoms with E-state index in [4.69, 9.17) is 4.74 Å². The molecule has 0 N–H and O–H groups in total. The molecule has 3 nitrogen and oxygen atoms in total. The first-order chi connectivity index (χ1) is 3.79. The number of ether oxygens (including phenoxy) is 1. The fourth-order valence-corrected chi connectivity index (χ4v) is 0.786. The lowest BCUT2D eigenvalue weighted by atomic mass is 10.3. The van der Waals surface area contributed by atoms with E-state index in [-0.39, 0.29) is 6.10 Å². The molecule has 0 bridgehead atoms. The Balaban J connectivity index is 2.23. The van der Waals surface area contributed by atoms with Crippen LogP contribution in [0.2, 0.25) is 0 Å². The predicted octanol–water partition coefficient (Wildman–Crippen LogP) is 0.205. The van der Waals surface area contributed by atoms with Gasteiger partial charge in [0.1, 0.15) is 0 Å². The van der Waals surface area contributed by atoms with Gasteiger partial charge in [0.25, 0.3) is 0 Å². The number of rotatable bonds is 0. The van der Waals surface area contributed by atoms with Crippen molar-refractivity contribution in [2.75, 3.05) is 19.7 Å². The van der Waals surface area contributed by atoms with Gasteiger partial charge in [-0.3, -0.25) is 0 Å². The third kappa shape index (κ3) is 1.43. The van der Waals surface area contributed by atoms with Gasteiger partial charge < -0.3 is 15.0 Å². The zero-order valence-electron chi connectivity index (χ0n) is 4.96. The molecule has 1 atom stereocenters. The second-order valence-corrected chi connectivity index (χ2v) is 2.07. The highest BCUT2D eigenvalue weighted by Crippen LogP contribution is 2.00. The van der Waals surface area contributed by atoms with Crippen LogP contribution in [0.4, 0.5) is 0 Å². The summed E-state index contributed by atoms with van der Waals surface area (Å²) in [5.74, 6) is 0. The Hall–Kier alpha value is -0.120. The maximum Gasteiger partial charge on any atom is 0.0665 e. The number of hydroxylamine groups is 2. The molecule has 8 heavy (non-hydrogen) atoms. The van der Waals surface area contributed by atoms with Crippen molar-refractivity contribution in [2.24, 2.45) is 0 Å². The second kappa shape index (κ2) is 2.44. The fraction of sp³-hybridized carbons (Fsp3) is 1.00. The normalized spacial score (nSPS) is 33.0. The molecule has 1 unspecified atom stereocenters. The zero-order valence-corrected chi connectivity index (χ0v) is 4.96. The Morgan fingerprint density at radius 2 is 2.50 bits per heavy atom. The highest BCUT2D eigenvalue weighted by molar-refractivity contribution is 4.66. The van der Waals surface area contributed by atoms with Crippen LogP contribution in [0.3, 0.4) is 0 Å². The summed E-state index contributed by atoms with van der Waals surface area (Å²) in [4.78, 5) is 0. The molecule has 0 saturated carbocycles. The first-order valence-electron chi connectivity index (χ1n) is 2.83. The van der Waals surface area contributed by atoms with Gasteiger partial charge in [0.05, 0.1) is 12.7 Å². The van der Waals surface area contributed by atoms with E-state index >= 15 is 0 Å². The summed E-state index contributed by atoms with van der Waals surface area (Å²) in [6, 6.07) is 0. The Bertz CT molecular complexity index is 68.8. The molecule has 1 aliphatic rings. The van der Waals surface area contributed by atoms with E-state index in [1.54, 1.807) is 0 Å². The van der Waals surface area contributed by atoms with Crippen LogP contribution in [0, 0.1) is 5.21 Å². The Morgan fingerprint density at radius 3 is 2.88 bits per heavy atom. The van der Waals surface area contributed by atoms with Gasteiger partial charge in [0.15, 0.2) is 0 Å². The lowest BCUT2D eigenvalue weighted by molar-refractivity contribution is -0.00121. The largest absolute Gasteiger partial charge is 0.785 e. The number of hydrogen-bond donors (Lipinski definition) is 0. The van der Waals surface area contributed by atoms with Crippen LogP contribution in [0.15, 0.2) is 0 Å². The van der Waals surface area contributed by atoms with Gasteiger partial charge in [-0.25, -0.2) is 0 Å². The summed E-state index contributed by atoms with van der Waals surface area (Å²) in [6.07, 6.45) is 0.126. The van der Waals surface area contributed by atoms with E-state index < -0.39 is 0 Å². The van der Waals surface area contributed by atoms with Crippen LogP contribution >= 0.6 is 0 Å². The summed E-state index contributed by atoms with van der Waals surface area (Å²) in [7, 11) is 0. The van der Waals surface area contributed by atoms with Gasteiger partial charge in [-0.05, 0) is 6.92 Å². The molecule has 0 aromatic carbocycles. The molecule has 0 spiro atoms. The molecule has 1 heterocycles. The summed E-state index contributed by atoms with van der Waals surface area (Å²) in [5, 5.41) is 11.5. The van der Waals surface area contributed by atoms with Crippen LogP contribution in [0.5, 0.6) is 0 Å². The van der Waals surface area contributed by atoms with Gasteiger partial charge in [-0.2, -0.15) is 0 Å². The summed E-state index contributed by atoms with van der Waals surface area (Å²) < 4.78 is 5.11. The van der Waals surface area contributed by atoms with Crippen LogP contribution in [-0.2, 0) is 4.74 Å². The lowest BCUT2D eigenvalue weighted by Crippen LogP contribution is -2.37. The SMILES string of the molecule is CC1CN([O-])CCO1. The van der Waals surface area contributed by atoms with Crippen molar-refractivity contribution in [3.63, 3.8) is 0 Å². The Labute approximate surface area is 48.8 Å². The van der Waals surface area contributed by atoms with Gasteiger partial charge in [0.2, 0.25) is 0 Å². The predicted molar refractivity (Wildman–Crippen MR) is 30.4 cm³/mol. The zero-order chi connectivity index (χ0) is 5.98. The third-order valence-corrected chi connectivity index (χ3v) is 1.20. The Kier molecular flexibility index (Phi) is 1.83. The quantitative estimate of drug-likeness (QED) is 0.453. The van der Waals surface area contributed by atoms with E-state index in [1.165, 1.54) is 0 Å². The van der Waals surface area contributed by atoms with E-state index in [9.17, 15) is 5.21 Å². The smallest absolute Gasteiger partial charge is 0.0665 e. The fourth-order valence-electron chi connectivity index (χ4n) is 0.786.